The van der Waals surface area contributed by atoms with Crippen LogP contribution in [-0.2, 0) is 16.8 Å². The van der Waals surface area contributed by atoms with E-state index in [2.05, 4.69) is 37.0 Å². The fourth-order valence-corrected chi connectivity index (χ4v) is 3.85. The van der Waals surface area contributed by atoms with Crippen molar-refractivity contribution in [2.45, 2.75) is 44.4 Å². The first-order chi connectivity index (χ1) is 16.7. The van der Waals surface area contributed by atoms with E-state index < -0.39 is 23.7 Å². The Morgan fingerprint density at radius 3 is 2.86 bits per heavy atom. The molecule has 1 aliphatic carbocycles. The van der Waals surface area contributed by atoms with Gasteiger partial charge in [0.05, 0.1) is 6.54 Å². The maximum absolute atomic E-state index is 14.1. The quantitative estimate of drug-likeness (QED) is 0.492. The third-order valence-corrected chi connectivity index (χ3v) is 6.10. The number of fused-ring (bicyclic) bond motifs is 1. The Morgan fingerprint density at radius 1 is 1.37 bits per heavy atom. The van der Waals surface area contributed by atoms with Crippen molar-refractivity contribution < 1.29 is 27.1 Å². The van der Waals surface area contributed by atoms with Crippen molar-refractivity contribution in [2.24, 2.45) is 0 Å². The van der Waals surface area contributed by atoms with Crippen LogP contribution in [0.25, 0.3) is 11.5 Å². The number of nitrogens with zero attached hydrogens (tertiary/aromatic N) is 4. The van der Waals surface area contributed by atoms with Gasteiger partial charge in [-0.15, -0.1) is 0 Å². The van der Waals surface area contributed by atoms with Crippen molar-refractivity contribution in [2.75, 3.05) is 5.32 Å². The fourth-order valence-electron chi connectivity index (χ4n) is 3.85. The summed E-state index contributed by atoms with van der Waals surface area (Å²) in [5.41, 5.74) is -0.206. The Labute approximate surface area is 197 Å². The molecule has 182 valence electrons. The maximum atomic E-state index is 14.1. The number of alkyl halides is 2. The number of halogens is 4. The van der Waals surface area contributed by atoms with Crippen molar-refractivity contribution in [3.8, 4) is 17.4 Å². The van der Waals surface area contributed by atoms with Gasteiger partial charge in [-0.1, -0.05) is 18.7 Å². The molecule has 1 saturated carbocycles. The number of carbonyl (C=O) groups is 1. The minimum Gasteiger partial charge on any atom is -0.417 e. The van der Waals surface area contributed by atoms with E-state index in [4.69, 9.17) is 0 Å². The molecule has 3 heterocycles. The monoisotopic (exact) mass is 488 g/mol. The Morgan fingerprint density at radius 2 is 2.14 bits per heavy atom. The summed E-state index contributed by atoms with van der Waals surface area (Å²) in [5, 5.41) is 10.1. The zero-order valence-electron chi connectivity index (χ0n) is 18.5. The summed E-state index contributed by atoms with van der Waals surface area (Å²) in [6.07, 6.45) is 3.30. The second-order valence-corrected chi connectivity index (χ2v) is 8.55. The third kappa shape index (κ3) is 4.08. The number of carbonyl (C=O) groups excluding carboxylic acids is 1. The Hall–Kier alpha value is -3.96. The molecule has 0 bridgehead atoms. The van der Waals surface area contributed by atoms with Gasteiger partial charge in [0, 0.05) is 35.1 Å². The predicted octanol–water partition coefficient (Wildman–Crippen LogP) is 3.74. The molecule has 0 radical (unpaired) electrons. The minimum atomic E-state index is -3.17. The topological polar surface area (TPSA) is 94.0 Å². The molecule has 1 atom stereocenters. The van der Waals surface area contributed by atoms with Gasteiger partial charge in [0.2, 0.25) is 11.8 Å². The van der Waals surface area contributed by atoms with E-state index in [1.807, 2.05) is 0 Å². The zero-order valence-corrected chi connectivity index (χ0v) is 18.5. The maximum Gasteiger partial charge on any atom is 0.388 e. The van der Waals surface area contributed by atoms with Crippen molar-refractivity contribution in [1.82, 2.24) is 25.1 Å². The number of benzene rings is 1. The summed E-state index contributed by atoms with van der Waals surface area (Å²) in [4.78, 5) is 21.6. The molecule has 2 N–H and O–H groups in total. The highest BCUT2D eigenvalue weighted by atomic mass is 19.3. The summed E-state index contributed by atoms with van der Waals surface area (Å²) in [5.74, 6) is -2.42. The highest BCUT2D eigenvalue weighted by Gasteiger charge is 2.47. The molecular weight excluding hydrogens is 468 g/mol. The van der Waals surface area contributed by atoms with Crippen molar-refractivity contribution >= 4 is 11.7 Å². The summed E-state index contributed by atoms with van der Waals surface area (Å²) in [6, 6.07) is 4.87. The van der Waals surface area contributed by atoms with E-state index in [9.17, 15) is 22.4 Å². The van der Waals surface area contributed by atoms with Gasteiger partial charge in [-0.05, 0) is 25.8 Å². The van der Waals surface area contributed by atoms with Gasteiger partial charge in [-0.3, -0.25) is 4.79 Å². The molecule has 1 unspecified atom stereocenters. The summed E-state index contributed by atoms with van der Waals surface area (Å²) < 4.78 is 59.2. The summed E-state index contributed by atoms with van der Waals surface area (Å²) in [6.45, 7) is 2.13. The predicted molar refractivity (Wildman–Crippen MR) is 117 cm³/mol. The molecule has 5 rings (SSSR count). The summed E-state index contributed by atoms with van der Waals surface area (Å²) in [7, 11) is 0. The van der Waals surface area contributed by atoms with E-state index in [1.165, 1.54) is 24.4 Å². The van der Waals surface area contributed by atoms with Crippen LogP contribution in [-0.4, -0.2) is 38.3 Å². The SMILES string of the molecule is C=C1Nc2nc(-c3cc(OC(F)F)n(Cc4cccc(F)c4F)n3)ncc2C1(C)C(=O)NC1CC1. The van der Waals surface area contributed by atoms with Gasteiger partial charge in [-0.25, -0.2) is 23.4 Å². The Balaban J connectivity index is 1.48. The van der Waals surface area contributed by atoms with Gasteiger partial charge in [0.1, 0.15) is 16.9 Å². The van der Waals surface area contributed by atoms with Gasteiger partial charge in [-0.2, -0.15) is 13.9 Å². The minimum absolute atomic E-state index is 0.0495. The van der Waals surface area contributed by atoms with Crippen LogP contribution in [0.2, 0.25) is 0 Å². The van der Waals surface area contributed by atoms with Crippen LogP contribution in [0.5, 0.6) is 5.88 Å². The van der Waals surface area contributed by atoms with Gasteiger partial charge >= 0.3 is 6.61 Å². The van der Waals surface area contributed by atoms with Crippen molar-refractivity contribution in [3.05, 3.63) is 65.5 Å². The average molecular weight is 488 g/mol. The molecular formula is C23H20F4N6O2. The number of hydrogen-bond acceptors (Lipinski definition) is 6. The molecule has 0 spiro atoms. The molecule has 1 aliphatic heterocycles. The molecule has 2 aromatic heterocycles. The molecule has 8 nitrogen and oxygen atoms in total. The van der Waals surface area contributed by atoms with E-state index in [0.717, 1.165) is 23.6 Å². The van der Waals surface area contributed by atoms with Crippen LogP contribution in [0.1, 0.15) is 30.9 Å². The average Bonchev–Trinajstić information content (AvgIpc) is 3.48. The van der Waals surface area contributed by atoms with Gasteiger partial charge < -0.3 is 15.4 Å². The van der Waals surface area contributed by atoms with E-state index in [-0.39, 0.29) is 41.5 Å². The third-order valence-electron chi connectivity index (χ3n) is 6.10. The molecule has 35 heavy (non-hydrogen) atoms. The zero-order chi connectivity index (χ0) is 24.9. The van der Waals surface area contributed by atoms with Crippen molar-refractivity contribution in [1.29, 1.82) is 0 Å². The number of rotatable bonds is 7. The van der Waals surface area contributed by atoms with E-state index >= 15 is 0 Å². The number of amides is 1. The molecule has 1 amide bonds. The lowest BCUT2D eigenvalue weighted by atomic mass is 9.82. The van der Waals surface area contributed by atoms with Gasteiger partial charge in [0.15, 0.2) is 17.5 Å². The Kier molecular flexibility index (Phi) is 5.45. The molecule has 1 fully saturated rings. The van der Waals surface area contributed by atoms with Crippen LogP contribution in [0, 0.1) is 11.6 Å². The fraction of sp³-hybridized carbons (Fsp3) is 0.304. The number of ether oxygens (including phenoxy) is 1. The number of nitrogens with one attached hydrogen (secondary N) is 2. The lowest BCUT2D eigenvalue weighted by Crippen LogP contribution is -2.43. The molecule has 3 aromatic rings. The highest BCUT2D eigenvalue weighted by Crippen LogP contribution is 2.43. The molecule has 1 aromatic carbocycles. The lowest BCUT2D eigenvalue weighted by molar-refractivity contribution is -0.124. The van der Waals surface area contributed by atoms with Crippen LogP contribution in [0.3, 0.4) is 0 Å². The molecule has 2 aliphatic rings. The van der Waals surface area contributed by atoms with Crippen LogP contribution < -0.4 is 15.4 Å². The van der Waals surface area contributed by atoms with Crippen LogP contribution in [0.15, 0.2) is 42.7 Å². The number of anilines is 1. The Bertz CT molecular complexity index is 1340. The van der Waals surface area contributed by atoms with Crippen LogP contribution >= 0.6 is 0 Å². The molecule has 0 saturated heterocycles. The first-order valence-electron chi connectivity index (χ1n) is 10.8. The second kappa shape index (κ2) is 8.36. The lowest BCUT2D eigenvalue weighted by Gasteiger charge is -2.24. The molecule has 12 heteroatoms. The smallest absolute Gasteiger partial charge is 0.388 e. The van der Waals surface area contributed by atoms with Crippen LogP contribution in [0.4, 0.5) is 23.4 Å². The standard InChI is InChI=1S/C23H20F4N6O2/c1-11-23(2,21(34)30-13-6-7-13)14-9-28-20(31-19(14)29-11)16-8-17(35-22(26)27)33(32-16)10-12-4-3-5-15(24)18(12)25/h3-5,8-9,13,22H,1,6-7,10H2,2H3,(H,30,34)(H,28,29,31). The first-order valence-corrected chi connectivity index (χ1v) is 10.8. The van der Waals surface area contributed by atoms with E-state index in [1.54, 1.807) is 6.92 Å². The first kappa shape index (κ1) is 22.8. The van der Waals surface area contributed by atoms with Gasteiger partial charge in [0.25, 0.3) is 0 Å². The largest absolute Gasteiger partial charge is 0.417 e. The highest BCUT2D eigenvalue weighted by molar-refractivity contribution is 5.96. The number of hydrogen-bond donors (Lipinski definition) is 2. The normalized spacial score (nSPS) is 19.0. The van der Waals surface area contributed by atoms with Crippen molar-refractivity contribution in [3.63, 3.8) is 0 Å². The second-order valence-electron chi connectivity index (χ2n) is 8.55. The number of aromatic nitrogens is 4. The van der Waals surface area contributed by atoms with E-state index in [0.29, 0.717) is 17.1 Å². The summed E-state index contributed by atoms with van der Waals surface area (Å²) >= 11 is 0.